The van der Waals surface area contributed by atoms with Crippen molar-refractivity contribution in [1.82, 2.24) is 19.8 Å². The molecule has 3 fully saturated rings. The van der Waals surface area contributed by atoms with E-state index in [2.05, 4.69) is 14.9 Å². The maximum absolute atomic E-state index is 14.0. The Balaban J connectivity index is 1.53. The van der Waals surface area contributed by atoms with Gasteiger partial charge in [-0.25, -0.2) is 18.7 Å². The molecule has 25 heavy (non-hydrogen) atoms. The molecule has 0 N–H and O–H groups in total. The number of amides is 1. The number of pyridine rings is 1. The van der Waals surface area contributed by atoms with Crippen LogP contribution in [0.2, 0.25) is 0 Å². The Morgan fingerprint density at radius 3 is 2.88 bits per heavy atom. The normalized spacial score (nSPS) is 23.7. The minimum Gasteiger partial charge on any atom is -0.333 e. The van der Waals surface area contributed by atoms with Crippen molar-refractivity contribution in [3.63, 3.8) is 0 Å². The molecule has 0 unspecified atom stereocenters. The van der Waals surface area contributed by atoms with Crippen LogP contribution < -0.4 is 0 Å². The number of fused-ring (bicyclic) bond motifs is 4. The quantitative estimate of drug-likeness (QED) is 0.840. The van der Waals surface area contributed by atoms with Gasteiger partial charge < -0.3 is 4.90 Å². The number of hydrogen-bond acceptors (Lipinski definition) is 5. The van der Waals surface area contributed by atoms with Gasteiger partial charge in [-0.05, 0) is 18.8 Å². The van der Waals surface area contributed by atoms with Gasteiger partial charge in [0, 0.05) is 43.7 Å². The summed E-state index contributed by atoms with van der Waals surface area (Å²) in [5.74, 6) is -1.77. The van der Waals surface area contributed by atoms with Crippen LogP contribution in [0.25, 0.3) is 0 Å². The smallest absolute Gasteiger partial charge is 0.275 e. The van der Waals surface area contributed by atoms with Crippen LogP contribution in [0.1, 0.15) is 29.0 Å². The first-order valence-electron chi connectivity index (χ1n) is 8.31. The zero-order valence-electron chi connectivity index (χ0n) is 13.6. The molecule has 2 aromatic rings. The third-order valence-electron chi connectivity index (χ3n) is 4.93. The van der Waals surface area contributed by atoms with Crippen molar-refractivity contribution in [2.75, 3.05) is 19.6 Å². The molecule has 1 amide bonds. The van der Waals surface area contributed by atoms with E-state index in [1.807, 2.05) is 10.9 Å². The minimum absolute atomic E-state index is 0.0242. The summed E-state index contributed by atoms with van der Waals surface area (Å²) in [6, 6.07) is 0.737. The van der Waals surface area contributed by atoms with E-state index in [-0.39, 0.29) is 11.7 Å². The van der Waals surface area contributed by atoms with Crippen molar-refractivity contribution in [2.24, 2.45) is 5.92 Å². The maximum atomic E-state index is 14.0. The summed E-state index contributed by atoms with van der Waals surface area (Å²) in [5.41, 5.74) is 2.57. The average Bonchev–Trinajstić information content (AvgIpc) is 2.93. The lowest BCUT2D eigenvalue weighted by molar-refractivity contribution is 0.0573. The van der Waals surface area contributed by atoms with Gasteiger partial charge in [0.05, 0.1) is 17.4 Å². The Kier molecular flexibility index (Phi) is 4.47. The molecule has 5 rings (SSSR count). The molecule has 0 spiro atoms. The van der Waals surface area contributed by atoms with E-state index in [4.69, 9.17) is 0 Å². The summed E-state index contributed by atoms with van der Waals surface area (Å²) in [6.07, 6.45) is 2.84. The van der Waals surface area contributed by atoms with E-state index in [1.54, 1.807) is 16.2 Å². The van der Waals surface area contributed by atoms with Crippen LogP contribution in [0.5, 0.6) is 0 Å². The lowest BCUT2D eigenvalue weighted by Crippen LogP contribution is -2.47. The number of nitrogens with zero attached hydrogens (tertiary/aromatic N) is 4. The Bertz CT molecular complexity index is 770. The minimum atomic E-state index is -0.899. The SMILES string of the molecule is O=C(c1ncc(F)cc1F)N1C[C@H]2CC[C@@H]1CN(Cc1cscn1)C2. The van der Waals surface area contributed by atoms with Crippen LogP contribution in [0.3, 0.4) is 0 Å². The third kappa shape index (κ3) is 3.41. The van der Waals surface area contributed by atoms with Crippen LogP contribution in [0, 0.1) is 17.6 Å². The Hall–Kier alpha value is -1.93. The van der Waals surface area contributed by atoms with Crippen molar-refractivity contribution >= 4 is 17.2 Å². The van der Waals surface area contributed by atoms with Crippen molar-refractivity contribution in [3.05, 3.63) is 46.2 Å². The Labute approximate surface area is 148 Å². The largest absolute Gasteiger partial charge is 0.333 e. The monoisotopic (exact) mass is 364 g/mol. The average molecular weight is 364 g/mol. The Morgan fingerprint density at radius 2 is 2.12 bits per heavy atom. The van der Waals surface area contributed by atoms with E-state index >= 15 is 0 Å². The summed E-state index contributed by atoms with van der Waals surface area (Å²) in [6.45, 7) is 3.00. The molecule has 2 atom stereocenters. The fraction of sp³-hybridized carbons (Fsp3) is 0.471. The molecule has 3 aliphatic rings. The number of hydrogen-bond donors (Lipinski definition) is 0. The molecule has 2 bridgehead atoms. The van der Waals surface area contributed by atoms with Gasteiger partial charge in [0.2, 0.25) is 0 Å². The zero-order chi connectivity index (χ0) is 17.4. The van der Waals surface area contributed by atoms with Gasteiger partial charge in [-0.2, -0.15) is 0 Å². The van der Waals surface area contributed by atoms with Gasteiger partial charge >= 0.3 is 0 Å². The second-order valence-corrected chi connectivity index (χ2v) is 7.43. The predicted octanol–water partition coefficient (Wildman–Crippen LogP) is 2.55. The molecule has 8 heteroatoms. The molecule has 3 saturated heterocycles. The van der Waals surface area contributed by atoms with Crippen LogP contribution >= 0.6 is 11.3 Å². The second-order valence-electron chi connectivity index (χ2n) is 6.71. The van der Waals surface area contributed by atoms with Crippen LogP contribution in [0.4, 0.5) is 8.78 Å². The molecule has 0 saturated carbocycles. The van der Waals surface area contributed by atoms with Gasteiger partial charge in [0.15, 0.2) is 11.5 Å². The molecule has 132 valence electrons. The summed E-state index contributed by atoms with van der Waals surface area (Å²) < 4.78 is 27.0. The van der Waals surface area contributed by atoms with Gasteiger partial charge in [-0.3, -0.25) is 9.69 Å². The van der Waals surface area contributed by atoms with Crippen molar-refractivity contribution in [3.8, 4) is 0 Å². The van der Waals surface area contributed by atoms with Crippen LogP contribution in [-0.4, -0.2) is 51.4 Å². The highest BCUT2D eigenvalue weighted by Gasteiger charge is 2.38. The molecule has 2 aromatic heterocycles. The molecule has 5 nitrogen and oxygen atoms in total. The fourth-order valence-electron chi connectivity index (χ4n) is 3.81. The maximum Gasteiger partial charge on any atom is 0.275 e. The van der Waals surface area contributed by atoms with Gasteiger partial charge in [-0.1, -0.05) is 0 Å². The van der Waals surface area contributed by atoms with Crippen LogP contribution in [-0.2, 0) is 6.54 Å². The number of halogens is 2. The summed E-state index contributed by atoms with van der Waals surface area (Å²) in [5, 5.41) is 2.04. The number of carbonyl (C=O) groups is 1. The molecule has 0 aromatic carbocycles. The topological polar surface area (TPSA) is 49.3 Å². The lowest BCUT2D eigenvalue weighted by Gasteiger charge is -2.36. The summed E-state index contributed by atoms with van der Waals surface area (Å²) in [7, 11) is 0. The highest BCUT2D eigenvalue weighted by molar-refractivity contribution is 7.07. The summed E-state index contributed by atoms with van der Waals surface area (Å²) >= 11 is 1.57. The third-order valence-corrected chi connectivity index (χ3v) is 5.56. The number of carbonyl (C=O) groups excluding carboxylic acids is 1. The molecule has 0 aliphatic carbocycles. The zero-order valence-corrected chi connectivity index (χ0v) is 14.4. The first-order chi connectivity index (χ1) is 12.1. The van der Waals surface area contributed by atoms with E-state index in [9.17, 15) is 13.6 Å². The predicted molar refractivity (Wildman–Crippen MR) is 89.1 cm³/mol. The fourth-order valence-corrected chi connectivity index (χ4v) is 4.36. The first kappa shape index (κ1) is 16.5. The van der Waals surface area contributed by atoms with E-state index in [0.717, 1.165) is 44.4 Å². The van der Waals surface area contributed by atoms with Crippen molar-refractivity contribution < 1.29 is 13.6 Å². The highest BCUT2D eigenvalue weighted by Crippen LogP contribution is 2.30. The standard InChI is InChI=1S/C17H18F2N4OS/c18-12-3-15(19)16(20-4-12)17(24)23-6-11-1-2-14(23)8-22(5-11)7-13-9-25-10-21-13/h3-4,9-11,14H,1-2,5-8H2/t11-,14+/m0/s1. The van der Waals surface area contributed by atoms with E-state index in [1.165, 1.54) is 0 Å². The molecular formula is C17H18F2N4OS. The lowest BCUT2D eigenvalue weighted by atomic mass is 9.94. The number of rotatable bonds is 3. The number of aromatic nitrogens is 2. The molecule has 5 heterocycles. The number of piperidine rings is 1. The van der Waals surface area contributed by atoms with E-state index in [0.29, 0.717) is 18.5 Å². The Morgan fingerprint density at radius 1 is 1.24 bits per heavy atom. The van der Waals surface area contributed by atoms with Crippen molar-refractivity contribution in [2.45, 2.75) is 25.4 Å². The van der Waals surface area contributed by atoms with Gasteiger partial charge in [0.25, 0.3) is 5.91 Å². The van der Waals surface area contributed by atoms with Gasteiger partial charge in [0.1, 0.15) is 5.82 Å². The summed E-state index contributed by atoms with van der Waals surface area (Å²) in [4.78, 5) is 24.8. The first-order valence-corrected chi connectivity index (χ1v) is 9.26. The van der Waals surface area contributed by atoms with Gasteiger partial charge in [-0.15, -0.1) is 11.3 Å². The van der Waals surface area contributed by atoms with Crippen LogP contribution in [0.15, 0.2) is 23.2 Å². The highest BCUT2D eigenvalue weighted by atomic mass is 32.1. The van der Waals surface area contributed by atoms with Crippen molar-refractivity contribution in [1.29, 1.82) is 0 Å². The molecule has 0 radical (unpaired) electrons. The second kappa shape index (κ2) is 6.76. The molecule has 3 aliphatic heterocycles. The molecular weight excluding hydrogens is 346 g/mol. The van der Waals surface area contributed by atoms with E-state index < -0.39 is 17.5 Å². The number of thiazole rings is 1.